The second-order valence-corrected chi connectivity index (χ2v) is 6.23. The Balaban J connectivity index is 1.94. The van der Waals surface area contributed by atoms with E-state index in [-0.39, 0.29) is 17.2 Å². The number of rotatable bonds is 3. The molecule has 18 heavy (non-hydrogen) atoms. The number of hydrogen-bond acceptors (Lipinski definition) is 2. The Morgan fingerprint density at radius 2 is 1.94 bits per heavy atom. The second-order valence-electron chi connectivity index (χ2n) is 6.23. The first-order valence-electron chi connectivity index (χ1n) is 7.43. The van der Waals surface area contributed by atoms with E-state index in [1.165, 1.54) is 19.3 Å². The third kappa shape index (κ3) is 3.12. The van der Waals surface area contributed by atoms with Gasteiger partial charge in [0.1, 0.15) is 5.78 Å². The zero-order valence-electron chi connectivity index (χ0n) is 11.5. The predicted molar refractivity (Wildman–Crippen MR) is 71.2 cm³/mol. The highest BCUT2D eigenvalue weighted by Crippen LogP contribution is 2.38. The van der Waals surface area contributed by atoms with E-state index in [0.717, 1.165) is 38.6 Å². The smallest absolute Gasteiger partial charge is 0.223 e. The van der Waals surface area contributed by atoms with E-state index in [9.17, 15) is 9.59 Å². The molecule has 1 atom stereocenters. The lowest BCUT2D eigenvalue weighted by Crippen LogP contribution is -2.36. The van der Waals surface area contributed by atoms with Crippen LogP contribution in [0.15, 0.2) is 0 Å². The van der Waals surface area contributed by atoms with Crippen LogP contribution in [0.25, 0.3) is 0 Å². The van der Waals surface area contributed by atoms with Crippen molar-refractivity contribution in [2.24, 2.45) is 11.3 Å². The number of nitrogens with one attached hydrogen (secondary N) is 1. The monoisotopic (exact) mass is 251 g/mol. The standard InChI is InChI=1S/C15H25NO2/c1-15(8-4-2-5-9-15)13(17)11-12-7-3-6-10-16-14(12)18/h12H,2-11H2,1H3,(H,16,18). The van der Waals surface area contributed by atoms with Gasteiger partial charge in [-0.3, -0.25) is 9.59 Å². The molecule has 2 rings (SSSR count). The van der Waals surface area contributed by atoms with Gasteiger partial charge in [-0.25, -0.2) is 0 Å². The van der Waals surface area contributed by atoms with Crippen LogP contribution in [-0.4, -0.2) is 18.2 Å². The van der Waals surface area contributed by atoms with Crippen LogP contribution in [0.1, 0.15) is 64.7 Å². The van der Waals surface area contributed by atoms with Crippen molar-refractivity contribution in [2.45, 2.75) is 64.7 Å². The van der Waals surface area contributed by atoms with Crippen molar-refractivity contribution in [3.05, 3.63) is 0 Å². The van der Waals surface area contributed by atoms with Crippen LogP contribution in [0.2, 0.25) is 0 Å². The molecule has 2 aliphatic rings. The van der Waals surface area contributed by atoms with E-state index in [1.807, 2.05) is 0 Å². The quantitative estimate of drug-likeness (QED) is 0.838. The van der Waals surface area contributed by atoms with Gasteiger partial charge in [0.25, 0.3) is 0 Å². The summed E-state index contributed by atoms with van der Waals surface area (Å²) in [6, 6.07) is 0. The van der Waals surface area contributed by atoms with Gasteiger partial charge in [-0.2, -0.15) is 0 Å². The highest BCUT2D eigenvalue weighted by Gasteiger charge is 2.36. The Labute approximate surface area is 110 Å². The van der Waals surface area contributed by atoms with Gasteiger partial charge < -0.3 is 5.32 Å². The zero-order valence-corrected chi connectivity index (χ0v) is 11.5. The Morgan fingerprint density at radius 3 is 2.67 bits per heavy atom. The van der Waals surface area contributed by atoms with Gasteiger partial charge in [0.15, 0.2) is 0 Å². The van der Waals surface area contributed by atoms with Crippen molar-refractivity contribution in [2.75, 3.05) is 6.54 Å². The van der Waals surface area contributed by atoms with Gasteiger partial charge in [-0.1, -0.05) is 32.6 Å². The molecule has 1 amide bonds. The van der Waals surface area contributed by atoms with Gasteiger partial charge in [-0.15, -0.1) is 0 Å². The molecule has 0 spiro atoms. The normalized spacial score (nSPS) is 28.3. The molecule has 3 heteroatoms. The Bertz CT molecular complexity index is 318. The molecular formula is C15H25NO2. The topological polar surface area (TPSA) is 46.2 Å². The fourth-order valence-electron chi connectivity index (χ4n) is 3.28. The van der Waals surface area contributed by atoms with Crippen LogP contribution in [0, 0.1) is 11.3 Å². The fraction of sp³-hybridized carbons (Fsp3) is 0.867. The molecule has 1 N–H and O–H groups in total. The number of carbonyl (C=O) groups is 2. The van der Waals surface area contributed by atoms with E-state index >= 15 is 0 Å². The van der Waals surface area contributed by atoms with E-state index in [1.54, 1.807) is 0 Å². The SMILES string of the molecule is CC1(C(=O)CC2CCCCNC2=O)CCCCC1. The number of ketones is 1. The van der Waals surface area contributed by atoms with Gasteiger partial charge in [0, 0.05) is 24.3 Å². The lowest BCUT2D eigenvalue weighted by Gasteiger charge is -2.33. The van der Waals surface area contributed by atoms with Crippen LogP contribution < -0.4 is 5.32 Å². The molecule has 1 unspecified atom stereocenters. The van der Waals surface area contributed by atoms with Crippen molar-refractivity contribution in [1.82, 2.24) is 5.32 Å². The number of hydrogen-bond donors (Lipinski definition) is 1. The molecule has 0 bridgehead atoms. The zero-order chi connectivity index (χ0) is 13.0. The maximum Gasteiger partial charge on any atom is 0.223 e. The molecule has 1 aliphatic heterocycles. The van der Waals surface area contributed by atoms with E-state index in [2.05, 4.69) is 12.2 Å². The number of carbonyl (C=O) groups excluding carboxylic acids is 2. The second kappa shape index (κ2) is 5.85. The summed E-state index contributed by atoms with van der Waals surface area (Å²) < 4.78 is 0. The van der Waals surface area contributed by atoms with Crippen molar-refractivity contribution >= 4 is 11.7 Å². The van der Waals surface area contributed by atoms with Crippen LogP contribution in [-0.2, 0) is 9.59 Å². The van der Waals surface area contributed by atoms with E-state index < -0.39 is 0 Å². The third-order valence-corrected chi connectivity index (χ3v) is 4.71. The highest BCUT2D eigenvalue weighted by atomic mass is 16.2. The summed E-state index contributed by atoms with van der Waals surface area (Å²) in [5.41, 5.74) is -0.148. The summed E-state index contributed by atoms with van der Waals surface area (Å²) in [5.74, 6) is 0.350. The average molecular weight is 251 g/mol. The number of amides is 1. The molecule has 1 saturated heterocycles. The molecule has 102 valence electrons. The summed E-state index contributed by atoms with van der Waals surface area (Å²) in [6.07, 6.45) is 9.07. The first-order valence-corrected chi connectivity index (χ1v) is 7.43. The Hall–Kier alpha value is -0.860. The molecule has 1 aliphatic carbocycles. The molecule has 1 saturated carbocycles. The molecular weight excluding hydrogens is 226 g/mol. The molecule has 0 aromatic rings. The minimum atomic E-state index is -0.148. The van der Waals surface area contributed by atoms with E-state index in [4.69, 9.17) is 0 Å². The van der Waals surface area contributed by atoms with Crippen molar-refractivity contribution in [1.29, 1.82) is 0 Å². The summed E-state index contributed by atoms with van der Waals surface area (Å²) in [7, 11) is 0. The highest BCUT2D eigenvalue weighted by molar-refractivity contribution is 5.90. The average Bonchev–Trinajstić information content (AvgIpc) is 2.56. The van der Waals surface area contributed by atoms with Crippen molar-refractivity contribution in [3.63, 3.8) is 0 Å². The third-order valence-electron chi connectivity index (χ3n) is 4.71. The fourth-order valence-corrected chi connectivity index (χ4v) is 3.28. The van der Waals surface area contributed by atoms with Gasteiger partial charge >= 0.3 is 0 Å². The van der Waals surface area contributed by atoms with Gasteiger partial charge in [0.05, 0.1) is 0 Å². The van der Waals surface area contributed by atoms with Crippen molar-refractivity contribution < 1.29 is 9.59 Å². The molecule has 0 aromatic heterocycles. The van der Waals surface area contributed by atoms with Gasteiger partial charge in [0.2, 0.25) is 5.91 Å². The van der Waals surface area contributed by atoms with Crippen LogP contribution in [0.4, 0.5) is 0 Å². The number of Topliss-reactive ketones (excluding diaryl/α,β-unsaturated/α-hetero) is 1. The maximum atomic E-state index is 12.5. The summed E-state index contributed by atoms with van der Waals surface area (Å²) in [6.45, 7) is 2.88. The Kier molecular flexibility index (Phi) is 4.41. The summed E-state index contributed by atoms with van der Waals surface area (Å²) in [5, 5.41) is 2.92. The molecule has 3 nitrogen and oxygen atoms in total. The summed E-state index contributed by atoms with van der Waals surface area (Å²) in [4.78, 5) is 24.3. The minimum Gasteiger partial charge on any atom is -0.356 e. The minimum absolute atomic E-state index is 0.0706. The first kappa shape index (κ1) is 13.6. The maximum absolute atomic E-state index is 12.5. The van der Waals surface area contributed by atoms with Crippen LogP contribution in [0.3, 0.4) is 0 Å². The van der Waals surface area contributed by atoms with Crippen molar-refractivity contribution in [3.8, 4) is 0 Å². The Morgan fingerprint density at radius 1 is 1.22 bits per heavy atom. The van der Waals surface area contributed by atoms with Crippen LogP contribution >= 0.6 is 0 Å². The van der Waals surface area contributed by atoms with Crippen LogP contribution in [0.5, 0.6) is 0 Å². The first-order chi connectivity index (χ1) is 8.62. The summed E-state index contributed by atoms with van der Waals surface area (Å²) >= 11 is 0. The molecule has 0 aromatic carbocycles. The largest absolute Gasteiger partial charge is 0.356 e. The lowest BCUT2D eigenvalue weighted by atomic mass is 9.70. The lowest BCUT2D eigenvalue weighted by molar-refractivity contribution is -0.135. The molecule has 2 fully saturated rings. The van der Waals surface area contributed by atoms with E-state index in [0.29, 0.717) is 12.2 Å². The predicted octanol–water partition coefficient (Wildman–Crippen LogP) is 2.83. The molecule has 1 heterocycles. The van der Waals surface area contributed by atoms with Gasteiger partial charge in [-0.05, 0) is 25.7 Å². The molecule has 0 radical (unpaired) electrons.